The molecule has 2 atom stereocenters. The van der Waals surface area contributed by atoms with Gasteiger partial charge in [0, 0.05) is 56.3 Å². The Morgan fingerprint density at radius 1 is 1.16 bits per heavy atom. The van der Waals surface area contributed by atoms with Crippen molar-refractivity contribution in [3.63, 3.8) is 0 Å². The van der Waals surface area contributed by atoms with Crippen LogP contribution >= 0.6 is 0 Å². The van der Waals surface area contributed by atoms with Crippen molar-refractivity contribution in [3.05, 3.63) is 35.1 Å². The van der Waals surface area contributed by atoms with Crippen LogP contribution in [0.1, 0.15) is 41.1 Å². The van der Waals surface area contributed by atoms with Gasteiger partial charge in [0.15, 0.2) is 0 Å². The van der Waals surface area contributed by atoms with Crippen LogP contribution < -0.4 is 11.1 Å². The van der Waals surface area contributed by atoms with Crippen molar-refractivity contribution in [2.24, 2.45) is 5.73 Å². The first-order valence-corrected chi connectivity index (χ1v) is 9.42. The maximum atomic E-state index is 14.7. The lowest BCUT2D eigenvalue weighted by Gasteiger charge is -2.32. The number of nitrogens with two attached hydrogens (primary N) is 1. The Bertz CT molecular complexity index is 644. The van der Waals surface area contributed by atoms with E-state index >= 15 is 0 Å². The topological polar surface area (TPSA) is 61.6 Å². The minimum atomic E-state index is -0.295. The fraction of sp³-hybridized carbons (Fsp3) is 0.632. The second kappa shape index (κ2) is 7.02. The molecule has 1 aromatic rings. The number of halogens is 1. The van der Waals surface area contributed by atoms with Crippen molar-refractivity contribution < 1.29 is 9.18 Å². The number of carbonyl (C=O) groups is 1. The standard InChI is InChI=1S/C19H27FN4O/c20-17-11-13(1-2-15(17)16-3-6-22-12-18(16)21)19(25)24-10-9-23-7-4-14(24)5-8-23/h1-2,11,14,16,18,22H,3-10,12,21H2. The molecule has 4 aliphatic rings. The monoisotopic (exact) mass is 346 g/mol. The van der Waals surface area contributed by atoms with Crippen LogP contribution in [0.15, 0.2) is 18.2 Å². The zero-order chi connectivity index (χ0) is 17.4. The number of hydrogen-bond acceptors (Lipinski definition) is 4. The van der Waals surface area contributed by atoms with Crippen LogP contribution in [0.4, 0.5) is 4.39 Å². The summed E-state index contributed by atoms with van der Waals surface area (Å²) in [5.74, 6) is -0.308. The van der Waals surface area contributed by atoms with Crippen molar-refractivity contribution in [3.8, 4) is 0 Å². The number of carbonyl (C=O) groups excluding carboxylic acids is 1. The van der Waals surface area contributed by atoms with Gasteiger partial charge in [0.05, 0.1) is 0 Å². The fourth-order valence-corrected chi connectivity index (χ4v) is 4.55. The van der Waals surface area contributed by atoms with Crippen molar-refractivity contribution in [1.82, 2.24) is 15.1 Å². The van der Waals surface area contributed by atoms with Crippen LogP contribution in [-0.2, 0) is 0 Å². The molecule has 1 aromatic carbocycles. The van der Waals surface area contributed by atoms with E-state index < -0.39 is 0 Å². The van der Waals surface area contributed by atoms with E-state index in [1.807, 2.05) is 4.90 Å². The molecule has 0 saturated carbocycles. The first-order chi connectivity index (χ1) is 12.1. The molecule has 2 unspecified atom stereocenters. The third kappa shape index (κ3) is 3.30. The average molecular weight is 346 g/mol. The number of hydrogen-bond donors (Lipinski definition) is 2. The zero-order valence-corrected chi connectivity index (χ0v) is 14.6. The normalized spacial score (nSPS) is 32.5. The second-order valence-corrected chi connectivity index (χ2v) is 7.57. The minimum absolute atomic E-state index is 0.0204. The fourth-order valence-electron chi connectivity index (χ4n) is 4.55. The van der Waals surface area contributed by atoms with E-state index in [9.17, 15) is 9.18 Å². The van der Waals surface area contributed by atoms with Gasteiger partial charge >= 0.3 is 0 Å². The highest BCUT2D eigenvalue weighted by atomic mass is 19.1. The molecule has 0 aromatic heterocycles. The first kappa shape index (κ1) is 16.9. The van der Waals surface area contributed by atoms with Crippen LogP contribution in [0, 0.1) is 5.82 Å². The predicted octanol–water partition coefficient (Wildman–Crippen LogP) is 1.15. The Labute approximate surface area is 148 Å². The van der Waals surface area contributed by atoms with Gasteiger partial charge in [-0.2, -0.15) is 0 Å². The van der Waals surface area contributed by atoms with Gasteiger partial charge in [0.1, 0.15) is 5.82 Å². The summed E-state index contributed by atoms with van der Waals surface area (Å²) in [5, 5.41) is 3.24. The molecule has 4 aliphatic heterocycles. The maximum absolute atomic E-state index is 14.7. The molecule has 1 amide bonds. The van der Waals surface area contributed by atoms with Crippen LogP contribution in [0.2, 0.25) is 0 Å². The van der Waals surface area contributed by atoms with Gasteiger partial charge in [-0.1, -0.05) is 6.07 Å². The molecular formula is C19H27FN4O. The van der Waals surface area contributed by atoms with E-state index in [0.717, 1.165) is 52.0 Å². The Kier molecular flexibility index (Phi) is 4.75. The molecule has 4 fully saturated rings. The zero-order valence-electron chi connectivity index (χ0n) is 14.6. The van der Waals surface area contributed by atoms with E-state index in [1.165, 1.54) is 6.07 Å². The lowest BCUT2D eigenvalue weighted by molar-refractivity contribution is 0.0684. The van der Waals surface area contributed by atoms with Crippen molar-refractivity contribution in [1.29, 1.82) is 0 Å². The van der Waals surface area contributed by atoms with Gasteiger partial charge in [-0.3, -0.25) is 4.79 Å². The highest BCUT2D eigenvalue weighted by molar-refractivity contribution is 5.94. The molecule has 6 heteroatoms. The third-order valence-corrected chi connectivity index (χ3v) is 6.09. The number of piperidine rings is 2. The summed E-state index contributed by atoms with van der Waals surface area (Å²) < 4.78 is 14.7. The van der Waals surface area contributed by atoms with Crippen LogP contribution in [0.5, 0.6) is 0 Å². The SMILES string of the molecule is NC1CNCCC1c1ccc(C(=O)N2CCN3CCC2CC3)cc1F. The molecule has 25 heavy (non-hydrogen) atoms. The lowest BCUT2D eigenvalue weighted by Crippen LogP contribution is -2.45. The van der Waals surface area contributed by atoms with Gasteiger partial charge in [-0.15, -0.1) is 0 Å². The summed E-state index contributed by atoms with van der Waals surface area (Å²) in [6.07, 6.45) is 2.88. The van der Waals surface area contributed by atoms with Gasteiger partial charge in [-0.05, 0) is 43.5 Å². The number of nitrogens with one attached hydrogen (secondary N) is 1. The molecule has 0 spiro atoms. The van der Waals surface area contributed by atoms with Gasteiger partial charge in [-0.25, -0.2) is 4.39 Å². The minimum Gasteiger partial charge on any atom is -0.334 e. The lowest BCUT2D eigenvalue weighted by atomic mass is 9.86. The van der Waals surface area contributed by atoms with Crippen molar-refractivity contribution >= 4 is 5.91 Å². The summed E-state index contributed by atoms with van der Waals surface area (Å²) in [6.45, 7) is 5.35. The average Bonchev–Trinajstić information content (AvgIpc) is 2.96. The molecule has 5 nitrogen and oxygen atoms in total. The highest BCUT2D eigenvalue weighted by Gasteiger charge is 2.33. The number of rotatable bonds is 2. The molecule has 3 N–H and O–H groups in total. The summed E-state index contributed by atoms with van der Waals surface area (Å²) in [6, 6.07) is 5.20. The number of nitrogens with zero attached hydrogens (tertiary/aromatic N) is 2. The smallest absolute Gasteiger partial charge is 0.254 e. The number of fused-ring (bicyclic) bond motifs is 4. The van der Waals surface area contributed by atoms with Crippen molar-refractivity contribution in [2.75, 3.05) is 39.3 Å². The summed E-state index contributed by atoms with van der Waals surface area (Å²) in [7, 11) is 0. The van der Waals surface area contributed by atoms with Gasteiger partial charge < -0.3 is 20.9 Å². The third-order valence-electron chi connectivity index (χ3n) is 6.09. The number of amides is 1. The predicted molar refractivity (Wildman–Crippen MR) is 95.1 cm³/mol. The molecule has 0 aliphatic carbocycles. The molecule has 136 valence electrons. The van der Waals surface area contributed by atoms with E-state index in [0.29, 0.717) is 23.7 Å². The number of benzene rings is 1. The Morgan fingerprint density at radius 3 is 2.68 bits per heavy atom. The molecule has 0 radical (unpaired) electrons. The van der Waals surface area contributed by atoms with Crippen molar-refractivity contribution in [2.45, 2.75) is 37.3 Å². The van der Waals surface area contributed by atoms with E-state index in [2.05, 4.69) is 10.2 Å². The van der Waals surface area contributed by atoms with E-state index in [-0.39, 0.29) is 23.7 Å². The molecular weight excluding hydrogens is 319 g/mol. The largest absolute Gasteiger partial charge is 0.334 e. The summed E-state index contributed by atoms with van der Waals surface area (Å²) in [5.41, 5.74) is 7.25. The summed E-state index contributed by atoms with van der Waals surface area (Å²) >= 11 is 0. The Balaban J connectivity index is 1.54. The molecule has 4 saturated heterocycles. The van der Waals surface area contributed by atoms with Gasteiger partial charge in [0.2, 0.25) is 0 Å². The van der Waals surface area contributed by atoms with E-state index in [4.69, 9.17) is 5.73 Å². The first-order valence-electron chi connectivity index (χ1n) is 9.42. The quantitative estimate of drug-likeness (QED) is 0.843. The van der Waals surface area contributed by atoms with Crippen LogP contribution in [-0.4, -0.2) is 67.1 Å². The summed E-state index contributed by atoms with van der Waals surface area (Å²) in [4.78, 5) is 17.3. The van der Waals surface area contributed by atoms with Crippen LogP contribution in [0.3, 0.4) is 0 Å². The van der Waals surface area contributed by atoms with Gasteiger partial charge in [0.25, 0.3) is 5.91 Å². The van der Waals surface area contributed by atoms with E-state index in [1.54, 1.807) is 12.1 Å². The van der Waals surface area contributed by atoms with Crippen LogP contribution in [0.25, 0.3) is 0 Å². The second-order valence-electron chi connectivity index (χ2n) is 7.57. The molecule has 4 heterocycles. The Hall–Kier alpha value is -1.50. The molecule has 5 rings (SSSR count). The Morgan fingerprint density at radius 2 is 1.96 bits per heavy atom. The molecule has 2 bridgehead atoms. The maximum Gasteiger partial charge on any atom is 0.254 e. The highest BCUT2D eigenvalue weighted by Crippen LogP contribution is 2.29.